The molecule has 0 fully saturated rings. The molecule has 1 aromatic carbocycles. The molecular weight excluding hydrogens is 228 g/mol. The Balaban J connectivity index is 2.63. The van der Waals surface area contributed by atoms with Gasteiger partial charge in [-0.2, -0.15) is 0 Å². The molecule has 0 saturated heterocycles. The fourth-order valence-corrected chi connectivity index (χ4v) is 1.66. The normalized spacial score (nSPS) is 14.0. The first kappa shape index (κ1) is 14.5. The monoisotopic (exact) mass is 250 g/mol. The van der Waals surface area contributed by atoms with Crippen molar-refractivity contribution in [2.75, 3.05) is 25.5 Å². The summed E-state index contributed by atoms with van der Waals surface area (Å²) in [5, 5.41) is 12.0. The van der Waals surface area contributed by atoms with Gasteiger partial charge in [0.05, 0.1) is 0 Å². The fourth-order valence-electron chi connectivity index (χ4n) is 1.66. The van der Waals surface area contributed by atoms with Gasteiger partial charge in [0.2, 0.25) is 0 Å². The van der Waals surface area contributed by atoms with Gasteiger partial charge in [0.1, 0.15) is 5.54 Å². The van der Waals surface area contributed by atoms with Crippen molar-refractivity contribution in [3.63, 3.8) is 0 Å². The van der Waals surface area contributed by atoms with E-state index < -0.39 is 11.5 Å². The van der Waals surface area contributed by atoms with Gasteiger partial charge >= 0.3 is 5.97 Å². The number of aliphatic carboxylic acids is 1. The number of benzene rings is 1. The Morgan fingerprint density at radius 3 is 2.39 bits per heavy atom. The Hall–Kier alpha value is -1.55. The van der Waals surface area contributed by atoms with Gasteiger partial charge in [-0.3, -0.25) is 4.79 Å². The maximum absolute atomic E-state index is 11.2. The van der Waals surface area contributed by atoms with Crippen LogP contribution in [0.25, 0.3) is 0 Å². The molecule has 0 aromatic heterocycles. The molecular formula is C14H22N2O2. The molecule has 0 aliphatic heterocycles. The Kier molecular flexibility index (Phi) is 4.73. The fraction of sp³-hybridized carbons (Fsp3) is 0.500. The number of hydrogen-bond acceptors (Lipinski definition) is 3. The van der Waals surface area contributed by atoms with E-state index in [1.54, 1.807) is 14.0 Å². The molecule has 4 heteroatoms. The first-order valence-corrected chi connectivity index (χ1v) is 6.09. The molecule has 0 aliphatic carbocycles. The SMILES string of the molecule is CNC(C)(CCN(C)c1ccc(C)cc1)C(=O)O. The van der Waals surface area contributed by atoms with Crippen molar-refractivity contribution >= 4 is 11.7 Å². The smallest absolute Gasteiger partial charge is 0.323 e. The van der Waals surface area contributed by atoms with Gasteiger partial charge in [-0.1, -0.05) is 17.7 Å². The molecule has 1 unspecified atom stereocenters. The molecule has 0 radical (unpaired) electrons. The summed E-state index contributed by atoms with van der Waals surface area (Å²) in [5.74, 6) is -0.817. The molecule has 2 N–H and O–H groups in total. The van der Waals surface area contributed by atoms with Crippen LogP contribution in [0.1, 0.15) is 18.9 Å². The Bertz CT molecular complexity index is 403. The van der Waals surface area contributed by atoms with Gasteiger partial charge in [-0.15, -0.1) is 0 Å². The maximum Gasteiger partial charge on any atom is 0.323 e. The molecule has 0 bridgehead atoms. The molecule has 1 aromatic rings. The molecule has 1 atom stereocenters. The van der Waals surface area contributed by atoms with Crippen LogP contribution in [0.5, 0.6) is 0 Å². The van der Waals surface area contributed by atoms with Crippen molar-refractivity contribution in [2.45, 2.75) is 25.8 Å². The third kappa shape index (κ3) is 3.47. The van der Waals surface area contributed by atoms with E-state index in [0.717, 1.165) is 5.69 Å². The third-order valence-corrected chi connectivity index (χ3v) is 3.45. The first-order chi connectivity index (χ1) is 8.39. The van der Waals surface area contributed by atoms with E-state index in [2.05, 4.69) is 22.3 Å². The van der Waals surface area contributed by atoms with Gasteiger partial charge in [-0.05, 0) is 39.4 Å². The van der Waals surface area contributed by atoms with E-state index in [-0.39, 0.29) is 0 Å². The van der Waals surface area contributed by atoms with Crippen LogP contribution in [0, 0.1) is 6.92 Å². The molecule has 18 heavy (non-hydrogen) atoms. The van der Waals surface area contributed by atoms with E-state index in [0.29, 0.717) is 13.0 Å². The largest absolute Gasteiger partial charge is 0.480 e. The Labute approximate surface area is 109 Å². The van der Waals surface area contributed by atoms with Crippen LogP contribution < -0.4 is 10.2 Å². The molecule has 4 nitrogen and oxygen atoms in total. The van der Waals surface area contributed by atoms with Crippen LogP contribution in [0.2, 0.25) is 0 Å². The standard InChI is InChI=1S/C14H22N2O2/c1-11-5-7-12(8-6-11)16(4)10-9-14(2,15-3)13(17)18/h5-8,15H,9-10H2,1-4H3,(H,17,18). The Morgan fingerprint density at radius 2 is 1.94 bits per heavy atom. The minimum absolute atomic E-state index is 0.545. The molecule has 100 valence electrons. The van der Waals surface area contributed by atoms with Crippen molar-refractivity contribution in [1.29, 1.82) is 0 Å². The van der Waals surface area contributed by atoms with Crippen LogP contribution in [0.4, 0.5) is 5.69 Å². The molecule has 0 spiro atoms. The zero-order valence-electron chi connectivity index (χ0n) is 11.5. The minimum Gasteiger partial charge on any atom is -0.480 e. The summed E-state index contributed by atoms with van der Waals surface area (Å²) in [6.45, 7) is 4.44. The van der Waals surface area contributed by atoms with Crippen molar-refractivity contribution in [3.05, 3.63) is 29.8 Å². The highest BCUT2D eigenvalue weighted by Gasteiger charge is 2.30. The van der Waals surface area contributed by atoms with Crippen LogP contribution in [-0.2, 0) is 4.79 Å². The second-order valence-electron chi connectivity index (χ2n) is 4.89. The summed E-state index contributed by atoms with van der Waals surface area (Å²) in [7, 11) is 3.66. The number of anilines is 1. The van der Waals surface area contributed by atoms with E-state index in [1.807, 2.05) is 26.1 Å². The number of nitrogens with zero attached hydrogens (tertiary/aromatic N) is 1. The van der Waals surface area contributed by atoms with Crippen LogP contribution in [0.3, 0.4) is 0 Å². The van der Waals surface area contributed by atoms with Gasteiger partial charge in [0, 0.05) is 19.3 Å². The first-order valence-electron chi connectivity index (χ1n) is 6.09. The summed E-state index contributed by atoms with van der Waals surface area (Å²) in [6, 6.07) is 8.21. The number of hydrogen-bond donors (Lipinski definition) is 2. The van der Waals surface area contributed by atoms with Gasteiger partial charge in [-0.25, -0.2) is 0 Å². The number of nitrogens with one attached hydrogen (secondary N) is 1. The van der Waals surface area contributed by atoms with Crippen molar-refractivity contribution in [3.8, 4) is 0 Å². The van der Waals surface area contributed by atoms with Gasteiger partial charge in [0.15, 0.2) is 0 Å². The summed E-state index contributed by atoms with van der Waals surface area (Å²) < 4.78 is 0. The highest BCUT2D eigenvalue weighted by Crippen LogP contribution is 2.16. The molecule has 1 rings (SSSR count). The summed E-state index contributed by atoms with van der Waals surface area (Å²) in [4.78, 5) is 13.2. The predicted molar refractivity (Wildman–Crippen MR) is 74.2 cm³/mol. The number of likely N-dealkylation sites (N-methyl/N-ethyl adjacent to an activating group) is 1. The summed E-state index contributed by atoms with van der Waals surface area (Å²) >= 11 is 0. The van der Waals surface area contributed by atoms with Gasteiger partial charge < -0.3 is 15.3 Å². The minimum atomic E-state index is -0.876. The lowest BCUT2D eigenvalue weighted by Gasteiger charge is -2.28. The lowest BCUT2D eigenvalue weighted by atomic mass is 9.98. The van der Waals surface area contributed by atoms with Crippen LogP contribution >= 0.6 is 0 Å². The number of aryl methyl sites for hydroxylation is 1. The molecule has 0 aliphatic rings. The van der Waals surface area contributed by atoms with Crippen LogP contribution in [0.15, 0.2) is 24.3 Å². The zero-order valence-corrected chi connectivity index (χ0v) is 11.5. The molecule has 0 heterocycles. The summed E-state index contributed by atoms with van der Waals surface area (Å²) in [5.41, 5.74) is 1.45. The second kappa shape index (κ2) is 5.87. The lowest BCUT2D eigenvalue weighted by Crippen LogP contribution is -2.49. The van der Waals surface area contributed by atoms with E-state index in [4.69, 9.17) is 0 Å². The van der Waals surface area contributed by atoms with E-state index >= 15 is 0 Å². The highest BCUT2D eigenvalue weighted by atomic mass is 16.4. The highest BCUT2D eigenvalue weighted by molar-refractivity contribution is 5.78. The van der Waals surface area contributed by atoms with Crippen molar-refractivity contribution in [1.82, 2.24) is 5.32 Å². The number of rotatable bonds is 6. The zero-order chi connectivity index (χ0) is 13.8. The predicted octanol–water partition coefficient (Wildman–Crippen LogP) is 1.88. The van der Waals surface area contributed by atoms with Gasteiger partial charge in [0.25, 0.3) is 0 Å². The average molecular weight is 250 g/mol. The van der Waals surface area contributed by atoms with Crippen molar-refractivity contribution in [2.24, 2.45) is 0 Å². The van der Waals surface area contributed by atoms with Crippen molar-refractivity contribution < 1.29 is 9.90 Å². The second-order valence-corrected chi connectivity index (χ2v) is 4.89. The maximum atomic E-state index is 11.2. The number of carboxylic acids is 1. The van der Waals surface area contributed by atoms with E-state index in [1.165, 1.54) is 5.56 Å². The number of carbonyl (C=O) groups is 1. The topological polar surface area (TPSA) is 52.6 Å². The average Bonchev–Trinajstić information content (AvgIpc) is 2.36. The number of carboxylic acid groups (broad SMARTS) is 1. The Morgan fingerprint density at radius 1 is 1.39 bits per heavy atom. The molecule has 0 saturated carbocycles. The van der Waals surface area contributed by atoms with E-state index in [9.17, 15) is 9.90 Å². The quantitative estimate of drug-likeness (QED) is 0.809. The summed E-state index contributed by atoms with van der Waals surface area (Å²) in [6.07, 6.45) is 0.545. The third-order valence-electron chi connectivity index (χ3n) is 3.45. The van der Waals surface area contributed by atoms with Crippen LogP contribution in [-0.4, -0.2) is 37.3 Å². The lowest BCUT2D eigenvalue weighted by molar-refractivity contribution is -0.144. The molecule has 0 amide bonds.